The van der Waals surface area contributed by atoms with Gasteiger partial charge in [-0.05, 0) is 36.2 Å². The molecule has 2 nitrogen and oxygen atoms in total. The molecule has 16 heavy (non-hydrogen) atoms. The summed E-state index contributed by atoms with van der Waals surface area (Å²) in [5.74, 6) is 0.881. The fourth-order valence-electron chi connectivity index (χ4n) is 1.91. The maximum Gasteiger partial charge on any atom is 0.116 e. The largest absolute Gasteiger partial charge is 0.508 e. The molecule has 82 valence electrons. The van der Waals surface area contributed by atoms with Crippen molar-refractivity contribution in [2.24, 2.45) is 5.73 Å². The van der Waals surface area contributed by atoms with Gasteiger partial charge >= 0.3 is 0 Å². The number of phenolic OH excluding ortho intramolecular Hbond substituents is 1. The van der Waals surface area contributed by atoms with Crippen molar-refractivity contribution in [1.82, 2.24) is 0 Å². The highest BCUT2D eigenvalue weighted by molar-refractivity contribution is 7.15. The van der Waals surface area contributed by atoms with Crippen LogP contribution in [0.4, 0.5) is 0 Å². The fraction of sp³-hybridized carbons (Fsp3) is 0.231. The summed E-state index contributed by atoms with van der Waals surface area (Å²) in [5, 5.41) is 9.43. The Morgan fingerprint density at radius 1 is 1.25 bits per heavy atom. The van der Waals surface area contributed by atoms with Crippen molar-refractivity contribution in [3.8, 4) is 16.2 Å². The van der Waals surface area contributed by atoms with Crippen LogP contribution in [0.5, 0.6) is 5.75 Å². The van der Waals surface area contributed by atoms with E-state index in [1.54, 1.807) is 23.5 Å². The van der Waals surface area contributed by atoms with Crippen LogP contribution in [0.25, 0.3) is 10.4 Å². The average Bonchev–Trinajstić information content (AvgIpc) is 2.81. The van der Waals surface area contributed by atoms with E-state index in [0.29, 0.717) is 17.7 Å². The molecule has 0 aliphatic heterocycles. The third-order valence-electron chi connectivity index (χ3n) is 2.96. The van der Waals surface area contributed by atoms with E-state index in [2.05, 4.69) is 12.1 Å². The van der Waals surface area contributed by atoms with Gasteiger partial charge in [0.1, 0.15) is 5.75 Å². The normalized spacial score (nSPS) is 23.3. The van der Waals surface area contributed by atoms with Gasteiger partial charge in [-0.1, -0.05) is 12.1 Å². The molecule has 3 N–H and O–H groups in total. The lowest BCUT2D eigenvalue weighted by Gasteiger charge is -1.97. The lowest BCUT2D eigenvalue weighted by molar-refractivity contribution is 0.475. The first-order chi connectivity index (χ1) is 7.74. The molecule has 1 heterocycles. The van der Waals surface area contributed by atoms with Crippen molar-refractivity contribution >= 4 is 11.3 Å². The van der Waals surface area contributed by atoms with Crippen LogP contribution in [0.2, 0.25) is 0 Å². The number of phenols is 1. The maximum absolute atomic E-state index is 9.43. The molecule has 2 atom stereocenters. The first-order valence-corrected chi connectivity index (χ1v) is 6.20. The zero-order valence-electron chi connectivity index (χ0n) is 8.76. The molecule has 0 bridgehead atoms. The van der Waals surface area contributed by atoms with Crippen molar-refractivity contribution < 1.29 is 5.11 Å². The van der Waals surface area contributed by atoms with E-state index in [-0.39, 0.29) is 0 Å². The van der Waals surface area contributed by atoms with Gasteiger partial charge in [-0.25, -0.2) is 0 Å². The summed E-state index contributed by atoms with van der Waals surface area (Å²) >= 11 is 1.78. The highest BCUT2D eigenvalue weighted by Gasteiger charge is 2.35. The third-order valence-corrected chi connectivity index (χ3v) is 4.23. The Kier molecular flexibility index (Phi) is 2.23. The number of aromatic hydroxyl groups is 1. The van der Waals surface area contributed by atoms with Gasteiger partial charge in [0.2, 0.25) is 0 Å². The van der Waals surface area contributed by atoms with E-state index in [0.717, 1.165) is 12.0 Å². The summed E-state index contributed by atoms with van der Waals surface area (Å²) < 4.78 is 0. The molecule has 0 radical (unpaired) electrons. The number of thiophene rings is 1. The van der Waals surface area contributed by atoms with Crippen LogP contribution in [-0.2, 0) is 0 Å². The van der Waals surface area contributed by atoms with Crippen LogP contribution < -0.4 is 5.73 Å². The van der Waals surface area contributed by atoms with Crippen molar-refractivity contribution in [1.29, 1.82) is 0 Å². The molecule has 1 saturated carbocycles. The van der Waals surface area contributed by atoms with E-state index in [1.165, 1.54) is 9.75 Å². The predicted octanol–water partition coefficient (Wildman–Crippen LogP) is 2.94. The first kappa shape index (κ1) is 9.87. The number of benzene rings is 1. The molecule has 1 fully saturated rings. The fourth-order valence-corrected chi connectivity index (χ4v) is 3.10. The molecule has 0 spiro atoms. The molecule has 2 aromatic rings. The van der Waals surface area contributed by atoms with Crippen molar-refractivity contribution in [2.45, 2.75) is 18.4 Å². The molecule has 0 saturated heterocycles. The first-order valence-electron chi connectivity index (χ1n) is 5.39. The van der Waals surface area contributed by atoms with Gasteiger partial charge in [0.15, 0.2) is 0 Å². The lowest BCUT2D eigenvalue weighted by atomic mass is 10.2. The quantitative estimate of drug-likeness (QED) is 0.834. The van der Waals surface area contributed by atoms with Crippen molar-refractivity contribution in [2.75, 3.05) is 0 Å². The molecule has 0 unspecified atom stereocenters. The predicted molar refractivity (Wildman–Crippen MR) is 66.8 cm³/mol. The maximum atomic E-state index is 9.43. The van der Waals surface area contributed by atoms with Gasteiger partial charge in [0.25, 0.3) is 0 Å². The van der Waals surface area contributed by atoms with Gasteiger partial charge in [-0.3, -0.25) is 0 Å². The van der Waals surface area contributed by atoms with Crippen molar-refractivity contribution in [3.63, 3.8) is 0 Å². The Balaban J connectivity index is 1.92. The van der Waals surface area contributed by atoms with Crippen LogP contribution in [0.3, 0.4) is 0 Å². The summed E-state index contributed by atoms with van der Waals surface area (Å²) in [6.45, 7) is 0. The second-order valence-corrected chi connectivity index (χ2v) is 5.37. The molecular formula is C13H13NOS. The molecule has 1 aromatic carbocycles. The molecule has 1 aliphatic rings. The topological polar surface area (TPSA) is 46.2 Å². The molecule has 3 heteroatoms. The number of hydrogen-bond acceptors (Lipinski definition) is 3. The second-order valence-electron chi connectivity index (χ2n) is 4.26. The van der Waals surface area contributed by atoms with Gasteiger partial charge < -0.3 is 10.8 Å². The van der Waals surface area contributed by atoms with Crippen LogP contribution >= 0.6 is 11.3 Å². The van der Waals surface area contributed by atoms with E-state index in [4.69, 9.17) is 5.73 Å². The molecule has 3 rings (SSSR count). The number of rotatable bonds is 2. The molecule has 1 aliphatic carbocycles. The van der Waals surface area contributed by atoms with Crippen molar-refractivity contribution in [3.05, 3.63) is 41.3 Å². The SMILES string of the molecule is N[C@@H]1C[C@H]1c1ccc(-c2cccc(O)c2)s1. The second kappa shape index (κ2) is 3.61. The van der Waals surface area contributed by atoms with E-state index in [1.807, 2.05) is 12.1 Å². The van der Waals surface area contributed by atoms with E-state index < -0.39 is 0 Å². The number of nitrogens with two attached hydrogens (primary N) is 1. The van der Waals surface area contributed by atoms with Gasteiger partial charge in [-0.2, -0.15) is 0 Å². The molecule has 0 amide bonds. The summed E-state index contributed by atoms with van der Waals surface area (Å²) in [6, 6.07) is 12.0. The van der Waals surface area contributed by atoms with Gasteiger partial charge in [0.05, 0.1) is 0 Å². The zero-order chi connectivity index (χ0) is 11.1. The summed E-state index contributed by atoms with van der Waals surface area (Å²) in [4.78, 5) is 2.57. The van der Waals surface area contributed by atoms with Gasteiger partial charge in [-0.15, -0.1) is 11.3 Å². The lowest BCUT2D eigenvalue weighted by Crippen LogP contribution is -1.99. The van der Waals surface area contributed by atoms with Gasteiger partial charge in [0, 0.05) is 21.7 Å². The highest BCUT2D eigenvalue weighted by atomic mass is 32.1. The Labute approximate surface area is 98.4 Å². The monoisotopic (exact) mass is 231 g/mol. The smallest absolute Gasteiger partial charge is 0.116 e. The van der Waals surface area contributed by atoms with Crippen LogP contribution in [-0.4, -0.2) is 11.1 Å². The minimum absolute atomic E-state index is 0.315. The average molecular weight is 231 g/mol. The Bertz CT molecular complexity index is 520. The Hall–Kier alpha value is -1.32. The van der Waals surface area contributed by atoms with Crippen LogP contribution in [0, 0.1) is 0 Å². The molecule has 1 aromatic heterocycles. The minimum atomic E-state index is 0.315. The van der Waals surface area contributed by atoms with Crippen LogP contribution in [0.15, 0.2) is 36.4 Å². The zero-order valence-corrected chi connectivity index (χ0v) is 9.58. The van der Waals surface area contributed by atoms with E-state index in [9.17, 15) is 5.11 Å². The highest BCUT2D eigenvalue weighted by Crippen LogP contribution is 2.44. The summed E-state index contributed by atoms with van der Waals surface area (Å²) in [7, 11) is 0. The summed E-state index contributed by atoms with van der Waals surface area (Å²) in [6.07, 6.45) is 1.11. The standard InChI is InChI=1S/C13H13NOS/c14-11-7-10(11)13-5-4-12(16-13)8-2-1-3-9(15)6-8/h1-6,10-11,15H,7,14H2/t10-,11-/m1/s1. The van der Waals surface area contributed by atoms with Crippen LogP contribution in [0.1, 0.15) is 17.2 Å². The third kappa shape index (κ3) is 1.72. The minimum Gasteiger partial charge on any atom is -0.508 e. The van der Waals surface area contributed by atoms with E-state index >= 15 is 0 Å². The molecular weight excluding hydrogens is 218 g/mol. The summed E-state index contributed by atoms with van der Waals surface area (Å²) in [5.41, 5.74) is 6.91. The Morgan fingerprint density at radius 2 is 2.06 bits per heavy atom. The Morgan fingerprint density at radius 3 is 2.75 bits per heavy atom. The number of hydrogen-bond donors (Lipinski definition) is 2.